The third kappa shape index (κ3) is 4.27. The Morgan fingerprint density at radius 1 is 1.18 bits per heavy atom. The van der Waals surface area contributed by atoms with Crippen LogP contribution in [0.2, 0.25) is 0 Å². The molecule has 0 spiro atoms. The predicted molar refractivity (Wildman–Crippen MR) is 91.0 cm³/mol. The van der Waals surface area contributed by atoms with Crippen molar-refractivity contribution < 1.29 is 23.0 Å². The number of rotatable bonds is 5. The third-order valence-electron chi connectivity index (χ3n) is 3.79. The lowest BCUT2D eigenvalue weighted by molar-refractivity contribution is -0.0294. The van der Waals surface area contributed by atoms with Crippen LogP contribution in [0.15, 0.2) is 42.9 Å². The number of ether oxygens (including phenoxy) is 1. The molecule has 3 aromatic rings. The zero-order chi connectivity index (χ0) is 20.1. The number of methoxy groups -OCH3 is 1. The maximum absolute atomic E-state index is 14.3. The van der Waals surface area contributed by atoms with Crippen molar-refractivity contribution in [2.45, 2.75) is 18.6 Å². The van der Waals surface area contributed by atoms with Gasteiger partial charge in [0.2, 0.25) is 6.30 Å². The average Bonchev–Trinajstić information content (AvgIpc) is 3.26. The molecule has 144 valence electrons. The van der Waals surface area contributed by atoms with Crippen molar-refractivity contribution in [2.75, 3.05) is 7.11 Å². The summed E-state index contributed by atoms with van der Waals surface area (Å²) in [5, 5.41) is 19.5. The first-order valence-corrected chi connectivity index (χ1v) is 8.00. The number of benzene rings is 1. The molecule has 0 aliphatic rings. The Labute approximate surface area is 157 Å². The Bertz CT molecular complexity index is 987. The standard InChI is InChI=1S/C18H14F3N5O2/c1-28-13-6-5-12(14(19)8-13)4-2-11-3-7-15(22-9-11)16(20)17(27)18(21)26-10-23-24-25-26/h3,5-10,16-18,27H,1H3. The Morgan fingerprint density at radius 2 is 2.00 bits per heavy atom. The molecule has 0 saturated carbocycles. The van der Waals surface area contributed by atoms with Crippen LogP contribution in [-0.4, -0.2) is 43.5 Å². The van der Waals surface area contributed by atoms with Crippen molar-refractivity contribution in [3.05, 3.63) is 65.5 Å². The molecule has 28 heavy (non-hydrogen) atoms. The lowest BCUT2D eigenvalue weighted by atomic mass is 10.1. The van der Waals surface area contributed by atoms with Gasteiger partial charge in [-0.2, -0.15) is 4.68 Å². The van der Waals surface area contributed by atoms with Gasteiger partial charge in [0, 0.05) is 17.8 Å². The molecule has 7 nitrogen and oxygen atoms in total. The van der Waals surface area contributed by atoms with Crippen molar-refractivity contribution in [3.8, 4) is 17.6 Å². The second-order valence-corrected chi connectivity index (χ2v) is 5.62. The summed E-state index contributed by atoms with van der Waals surface area (Å²) in [5.41, 5.74) is 0.354. The van der Waals surface area contributed by atoms with E-state index in [4.69, 9.17) is 4.74 Å². The Morgan fingerprint density at radius 3 is 2.61 bits per heavy atom. The molecular weight excluding hydrogens is 375 g/mol. The van der Waals surface area contributed by atoms with E-state index in [-0.39, 0.29) is 11.3 Å². The maximum Gasteiger partial charge on any atom is 0.224 e. The van der Waals surface area contributed by atoms with Crippen molar-refractivity contribution in [3.63, 3.8) is 0 Å². The number of pyridine rings is 1. The molecule has 0 bridgehead atoms. The first-order valence-electron chi connectivity index (χ1n) is 8.00. The van der Waals surface area contributed by atoms with Crippen LogP contribution in [0, 0.1) is 17.7 Å². The fourth-order valence-corrected chi connectivity index (χ4v) is 2.26. The zero-order valence-corrected chi connectivity index (χ0v) is 14.5. The molecule has 0 saturated heterocycles. The van der Waals surface area contributed by atoms with Crippen molar-refractivity contribution >= 4 is 0 Å². The number of hydrogen-bond acceptors (Lipinski definition) is 6. The van der Waals surface area contributed by atoms with Gasteiger partial charge in [0.15, 0.2) is 6.17 Å². The quantitative estimate of drug-likeness (QED) is 0.673. The summed E-state index contributed by atoms with van der Waals surface area (Å²) in [6.45, 7) is 0. The summed E-state index contributed by atoms with van der Waals surface area (Å²) in [5.74, 6) is 5.16. The van der Waals surface area contributed by atoms with Gasteiger partial charge in [-0.15, -0.1) is 5.10 Å². The van der Waals surface area contributed by atoms with Crippen LogP contribution in [0.25, 0.3) is 0 Å². The van der Waals surface area contributed by atoms with Gasteiger partial charge in [0.05, 0.1) is 18.4 Å². The smallest absolute Gasteiger partial charge is 0.224 e. The van der Waals surface area contributed by atoms with Gasteiger partial charge in [-0.1, -0.05) is 11.8 Å². The summed E-state index contributed by atoms with van der Waals surface area (Å²) in [7, 11) is 1.43. The topological polar surface area (TPSA) is 86.0 Å². The third-order valence-corrected chi connectivity index (χ3v) is 3.79. The van der Waals surface area contributed by atoms with E-state index in [1.807, 2.05) is 0 Å². The van der Waals surface area contributed by atoms with Crippen molar-refractivity contribution in [1.82, 2.24) is 25.2 Å². The number of hydrogen-bond donors (Lipinski definition) is 1. The molecule has 3 unspecified atom stereocenters. The first-order chi connectivity index (χ1) is 13.5. The molecule has 10 heteroatoms. The molecule has 0 amide bonds. The van der Waals surface area contributed by atoms with E-state index in [9.17, 15) is 18.3 Å². The van der Waals surface area contributed by atoms with Crippen molar-refractivity contribution in [1.29, 1.82) is 0 Å². The second-order valence-electron chi connectivity index (χ2n) is 5.62. The lowest BCUT2D eigenvalue weighted by Gasteiger charge is -2.18. The monoisotopic (exact) mass is 389 g/mol. The highest BCUT2D eigenvalue weighted by Crippen LogP contribution is 2.27. The molecule has 1 N–H and O–H groups in total. The van der Waals surface area contributed by atoms with Crippen LogP contribution >= 0.6 is 0 Å². The first kappa shape index (κ1) is 19.3. The molecule has 2 aromatic heterocycles. The number of nitrogens with zero attached hydrogens (tertiary/aromatic N) is 5. The molecule has 0 aliphatic heterocycles. The molecule has 0 fully saturated rings. The van der Waals surface area contributed by atoms with Crippen LogP contribution in [0.1, 0.15) is 29.3 Å². The van der Waals surface area contributed by atoms with E-state index < -0.39 is 24.4 Å². The number of aliphatic hydroxyl groups is 1. The lowest BCUT2D eigenvalue weighted by Crippen LogP contribution is -2.26. The average molecular weight is 389 g/mol. The Balaban J connectivity index is 1.72. The fourth-order valence-electron chi connectivity index (χ4n) is 2.26. The zero-order valence-electron chi connectivity index (χ0n) is 14.5. The van der Waals surface area contributed by atoms with Gasteiger partial charge in [-0.05, 0) is 34.7 Å². The number of aromatic nitrogens is 5. The van der Waals surface area contributed by atoms with E-state index in [0.29, 0.717) is 16.0 Å². The van der Waals surface area contributed by atoms with Gasteiger partial charge < -0.3 is 9.84 Å². The minimum Gasteiger partial charge on any atom is -0.497 e. The largest absolute Gasteiger partial charge is 0.497 e. The molecule has 0 radical (unpaired) electrons. The SMILES string of the molecule is COc1ccc(C#Cc2ccc(C(F)C(O)C(F)n3cnnn3)nc2)c(F)c1. The van der Waals surface area contributed by atoms with Crippen LogP contribution in [0.5, 0.6) is 5.75 Å². The minimum absolute atomic E-state index is 0.158. The number of halogens is 3. The number of alkyl halides is 2. The normalized spacial score (nSPS) is 13.9. The van der Waals surface area contributed by atoms with Gasteiger partial charge in [0.1, 0.15) is 24.0 Å². The molecule has 3 rings (SSSR count). The molecule has 0 aliphatic carbocycles. The van der Waals surface area contributed by atoms with Crippen LogP contribution in [0.4, 0.5) is 13.2 Å². The van der Waals surface area contributed by atoms with E-state index in [2.05, 4.69) is 32.4 Å². The van der Waals surface area contributed by atoms with Gasteiger partial charge >= 0.3 is 0 Å². The minimum atomic E-state index is -2.18. The molecule has 2 heterocycles. The fraction of sp³-hybridized carbons (Fsp3) is 0.222. The van der Waals surface area contributed by atoms with Gasteiger partial charge in [0.25, 0.3) is 0 Å². The summed E-state index contributed by atoms with van der Waals surface area (Å²) < 4.78 is 47.7. The highest BCUT2D eigenvalue weighted by atomic mass is 19.2. The molecular formula is C18H14F3N5O2. The number of tetrazole rings is 1. The second kappa shape index (κ2) is 8.49. The molecule has 3 atom stereocenters. The van der Waals surface area contributed by atoms with E-state index in [1.165, 1.54) is 37.6 Å². The Kier molecular flexibility index (Phi) is 5.86. The van der Waals surface area contributed by atoms with E-state index in [1.54, 1.807) is 6.07 Å². The van der Waals surface area contributed by atoms with Gasteiger partial charge in [-0.3, -0.25) is 4.98 Å². The van der Waals surface area contributed by atoms with Crippen LogP contribution in [-0.2, 0) is 0 Å². The maximum atomic E-state index is 14.3. The van der Waals surface area contributed by atoms with Gasteiger partial charge in [-0.25, -0.2) is 13.2 Å². The van der Waals surface area contributed by atoms with E-state index in [0.717, 1.165) is 6.33 Å². The van der Waals surface area contributed by atoms with Crippen LogP contribution in [0.3, 0.4) is 0 Å². The predicted octanol–water partition coefficient (Wildman–Crippen LogP) is 2.16. The Hall–Kier alpha value is -3.45. The summed E-state index contributed by atoms with van der Waals surface area (Å²) >= 11 is 0. The summed E-state index contributed by atoms with van der Waals surface area (Å²) in [6.07, 6.45) is -4.18. The summed E-state index contributed by atoms with van der Waals surface area (Å²) in [6, 6.07) is 6.94. The highest BCUT2D eigenvalue weighted by Gasteiger charge is 2.32. The summed E-state index contributed by atoms with van der Waals surface area (Å²) in [4.78, 5) is 3.85. The van der Waals surface area contributed by atoms with Crippen LogP contribution < -0.4 is 4.74 Å². The van der Waals surface area contributed by atoms with E-state index >= 15 is 0 Å². The number of aliphatic hydroxyl groups excluding tert-OH is 1. The van der Waals surface area contributed by atoms with Crippen molar-refractivity contribution in [2.24, 2.45) is 0 Å². The molecule has 1 aromatic carbocycles. The highest BCUT2D eigenvalue weighted by molar-refractivity contribution is 5.44.